The van der Waals surface area contributed by atoms with Crippen LogP contribution in [0.4, 0.5) is 5.69 Å². The van der Waals surface area contributed by atoms with E-state index in [4.69, 9.17) is 25.1 Å². The fourth-order valence-corrected chi connectivity index (χ4v) is 1.94. The van der Waals surface area contributed by atoms with Gasteiger partial charge in [-0.3, -0.25) is 0 Å². The number of aliphatic hydroxyl groups is 1. The molecule has 0 unspecified atom stereocenters. The fourth-order valence-electron chi connectivity index (χ4n) is 1.94. The summed E-state index contributed by atoms with van der Waals surface area (Å²) >= 11 is 0. The summed E-state index contributed by atoms with van der Waals surface area (Å²) < 4.78 is 16.2. The van der Waals surface area contributed by atoms with Gasteiger partial charge in [0.05, 0.1) is 19.9 Å². The van der Waals surface area contributed by atoms with Crippen molar-refractivity contribution in [2.75, 3.05) is 26.6 Å². The van der Waals surface area contributed by atoms with Crippen LogP contribution in [-0.4, -0.2) is 25.9 Å². The van der Waals surface area contributed by atoms with Crippen molar-refractivity contribution in [1.29, 1.82) is 0 Å². The molecule has 0 radical (unpaired) electrons. The first-order valence-electron chi connectivity index (χ1n) is 6.57. The zero-order valence-corrected chi connectivity index (χ0v) is 12.1. The monoisotopic (exact) mass is 289 g/mol. The van der Waals surface area contributed by atoms with Gasteiger partial charge in [0.25, 0.3) is 0 Å². The molecule has 2 aromatic rings. The van der Waals surface area contributed by atoms with Crippen LogP contribution in [0.2, 0.25) is 0 Å². The van der Waals surface area contributed by atoms with E-state index in [2.05, 4.69) is 0 Å². The van der Waals surface area contributed by atoms with Crippen LogP contribution in [0.25, 0.3) is 0 Å². The van der Waals surface area contributed by atoms with Crippen molar-refractivity contribution in [1.82, 2.24) is 0 Å². The highest BCUT2D eigenvalue weighted by molar-refractivity contribution is 5.62. The minimum Gasteiger partial charge on any atom is -0.493 e. The molecule has 0 aliphatic rings. The van der Waals surface area contributed by atoms with Crippen LogP contribution in [0.1, 0.15) is 5.56 Å². The molecule has 21 heavy (non-hydrogen) atoms. The van der Waals surface area contributed by atoms with Crippen LogP contribution in [0, 0.1) is 0 Å². The first-order valence-corrected chi connectivity index (χ1v) is 6.57. The maximum absolute atomic E-state index is 8.89. The van der Waals surface area contributed by atoms with Crippen molar-refractivity contribution in [2.24, 2.45) is 0 Å². The molecule has 0 aromatic heterocycles. The second kappa shape index (κ2) is 6.85. The Kier molecular flexibility index (Phi) is 4.90. The lowest BCUT2D eigenvalue weighted by atomic mass is 10.1. The molecule has 0 spiro atoms. The lowest BCUT2D eigenvalue weighted by molar-refractivity contribution is 0.299. The van der Waals surface area contributed by atoms with Gasteiger partial charge in [-0.2, -0.15) is 0 Å². The van der Waals surface area contributed by atoms with Gasteiger partial charge in [-0.15, -0.1) is 0 Å². The van der Waals surface area contributed by atoms with Crippen molar-refractivity contribution in [3.8, 4) is 23.0 Å². The number of nitrogen functional groups attached to an aromatic ring is 1. The van der Waals surface area contributed by atoms with E-state index < -0.39 is 0 Å². The van der Waals surface area contributed by atoms with Crippen LogP contribution in [-0.2, 0) is 6.42 Å². The van der Waals surface area contributed by atoms with Crippen LogP contribution < -0.4 is 19.9 Å². The lowest BCUT2D eigenvalue weighted by Gasteiger charge is -2.13. The molecule has 5 heteroatoms. The maximum atomic E-state index is 8.89. The number of benzene rings is 2. The van der Waals surface area contributed by atoms with E-state index in [0.717, 1.165) is 5.56 Å². The van der Waals surface area contributed by atoms with Crippen LogP contribution in [0.3, 0.4) is 0 Å². The number of methoxy groups -OCH3 is 2. The third kappa shape index (κ3) is 3.58. The van der Waals surface area contributed by atoms with E-state index in [-0.39, 0.29) is 6.61 Å². The van der Waals surface area contributed by atoms with E-state index >= 15 is 0 Å². The molecular weight excluding hydrogens is 270 g/mol. The smallest absolute Gasteiger partial charge is 0.164 e. The minimum absolute atomic E-state index is 0.128. The Balaban J connectivity index is 2.22. The molecule has 0 saturated heterocycles. The second-order valence-electron chi connectivity index (χ2n) is 4.46. The summed E-state index contributed by atoms with van der Waals surface area (Å²) in [4.78, 5) is 0. The van der Waals surface area contributed by atoms with Crippen LogP contribution in [0.15, 0.2) is 36.4 Å². The van der Waals surface area contributed by atoms with Crippen molar-refractivity contribution in [3.63, 3.8) is 0 Å². The van der Waals surface area contributed by atoms with E-state index in [0.29, 0.717) is 35.1 Å². The molecule has 0 atom stereocenters. The molecule has 0 aliphatic carbocycles. The Morgan fingerprint density at radius 1 is 0.952 bits per heavy atom. The molecule has 0 amide bonds. The van der Waals surface area contributed by atoms with Gasteiger partial charge in [-0.25, -0.2) is 0 Å². The number of ether oxygens (including phenoxy) is 3. The first kappa shape index (κ1) is 15.0. The SMILES string of the molecule is COc1cc(N)c(Oc2ccc(CCO)cc2)cc1OC. The molecule has 0 bridgehead atoms. The topological polar surface area (TPSA) is 73.9 Å². The average molecular weight is 289 g/mol. The average Bonchev–Trinajstić information content (AvgIpc) is 2.51. The number of aliphatic hydroxyl groups excluding tert-OH is 1. The molecule has 0 heterocycles. The molecule has 0 aliphatic heterocycles. The van der Waals surface area contributed by atoms with Gasteiger partial charge in [0, 0.05) is 18.7 Å². The second-order valence-corrected chi connectivity index (χ2v) is 4.46. The summed E-state index contributed by atoms with van der Waals surface area (Å²) in [5, 5.41) is 8.89. The Labute approximate surface area is 123 Å². The zero-order valence-electron chi connectivity index (χ0n) is 12.1. The van der Waals surface area contributed by atoms with Crippen molar-refractivity contribution >= 4 is 5.69 Å². The van der Waals surface area contributed by atoms with E-state index in [1.807, 2.05) is 24.3 Å². The molecule has 5 nitrogen and oxygen atoms in total. The third-order valence-electron chi connectivity index (χ3n) is 3.07. The third-order valence-corrected chi connectivity index (χ3v) is 3.07. The number of nitrogens with two attached hydrogens (primary N) is 1. The predicted octanol–water partition coefficient (Wildman–Crippen LogP) is 2.61. The van der Waals surface area contributed by atoms with Gasteiger partial charge >= 0.3 is 0 Å². The van der Waals surface area contributed by atoms with E-state index in [1.54, 1.807) is 26.4 Å². The summed E-state index contributed by atoms with van der Waals surface area (Å²) in [5.74, 6) is 2.28. The highest BCUT2D eigenvalue weighted by Crippen LogP contribution is 2.38. The summed E-state index contributed by atoms with van der Waals surface area (Å²) in [6.45, 7) is 0.128. The van der Waals surface area contributed by atoms with Crippen LogP contribution >= 0.6 is 0 Å². The number of hydrogen-bond acceptors (Lipinski definition) is 5. The van der Waals surface area contributed by atoms with Crippen molar-refractivity contribution in [3.05, 3.63) is 42.0 Å². The normalized spacial score (nSPS) is 10.2. The summed E-state index contributed by atoms with van der Waals surface area (Å²) in [6.07, 6.45) is 0.624. The fraction of sp³-hybridized carbons (Fsp3) is 0.250. The quantitative estimate of drug-likeness (QED) is 0.800. The van der Waals surface area contributed by atoms with Gasteiger partial charge in [0.2, 0.25) is 0 Å². The standard InChI is InChI=1S/C16H19NO4/c1-19-15-9-13(17)14(10-16(15)20-2)21-12-5-3-11(4-6-12)7-8-18/h3-6,9-10,18H,7-8,17H2,1-2H3. The van der Waals surface area contributed by atoms with Crippen LogP contribution in [0.5, 0.6) is 23.0 Å². The van der Waals surface area contributed by atoms with Gasteiger partial charge in [0.1, 0.15) is 5.75 Å². The van der Waals surface area contributed by atoms with Gasteiger partial charge in [0.15, 0.2) is 17.2 Å². The molecule has 2 aromatic carbocycles. The van der Waals surface area contributed by atoms with Gasteiger partial charge < -0.3 is 25.1 Å². The minimum atomic E-state index is 0.128. The first-order chi connectivity index (χ1) is 10.2. The molecule has 0 saturated carbocycles. The lowest BCUT2D eigenvalue weighted by Crippen LogP contribution is -1.97. The van der Waals surface area contributed by atoms with Crippen molar-refractivity contribution in [2.45, 2.75) is 6.42 Å². The summed E-state index contributed by atoms with van der Waals surface area (Å²) in [7, 11) is 3.11. The Hall–Kier alpha value is -2.40. The van der Waals surface area contributed by atoms with E-state index in [9.17, 15) is 0 Å². The van der Waals surface area contributed by atoms with Crippen molar-refractivity contribution < 1.29 is 19.3 Å². The number of hydrogen-bond donors (Lipinski definition) is 2. The number of rotatable bonds is 6. The highest BCUT2D eigenvalue weighted by Gasteiger charge is 2.11. The Bertz CT molecular complexity index is 596. The van der Waals surface area contributed by atoms with E-state index in [1.165, 1.54) is 0 Å². The largest absolute Gasteiger partial charge is 0.493 e. The Morgan fingerprint density at radius 3 is 2.14 bits per heavy atom. The Morgan fingerprint density at radius 2 is 1.57 bits per heavy atom. The predicted molar refractivity (Wildman–Crippen MR) is 81.3 cm³/mol. The molecular formula is C16H19NO4. The summed E-state index contributed by atoms with van der Waals surface area (Å²) in [5.41, 5.74) is 7.46. The molecule has 2 rings (SSSR count). The van der Waals surface area contributed by atoms with Gasteiger partial charge in [-0.1, -0.05) is 12.1 Å². The molecule has 112 valence electrons. The summed E-state index contributed by atoms with van der Waals surface area (Å²) in [6, 6.07) is 10.8. The zero-order chi connectivity index (χ0) is 15.2. The highest BCUT2D eigenvalue weighted by atomic mass is 16.5. The molecule has 0 fully saturated rings. The van der Waals surface area contributed by atoms with Gasteiger partial charge in [-0.05, 0) is 24.1 Å². The number of anilines is 1. The molecule has 3 N–H and O–H groups in total. The maximum Gasteiger partial charge on any atom is 0.164 e.